The van der Waals surface area contributed by atoms with Gasteiger partial charge < -0.3 is 14.5 Å². The molecule has 4 aromatic rings. The Morgan fingerprint density at radius 2 is 0.913 bits per heavy atom. The second-order valence-electron chi connectivity index (χ2n) is 13.0. The smallest absolute Gasteiger partial charge is 0.254 e. The largest absolute Gasteiger partial charge is 0.378 e. The quantitative estimate of drug-likeness (QED) is 0.217. The normalized spacial score (nSPS) is 15.0. The van der Waals surface area contributed by atoms with E-state index in [0.29, 0.717) is 38.1 Å². The highest BCUT2D eigenvalue weighted by molar-refractivity contribution is 5.96. The first-order valence-electron chi connectivity index (χ1n) is 16.9. The molecule has 2 saturated heterocycles. The lowest BCUT2D eigenvalue weighted by Crippen LogP contribution is -2.40. The molecule has 4 aromatic carbocycles. The van der Waals surface area contributed by atoms with Crippen LogP contribution in [-0.2, 0) is 4.74 Å². The Morgan fingerprint density at radius 1 is 0.522 bits per heavy atom. The number of piperidine rings is 1. The van der Waals surface area contributed by atoms with Crippen LogP contribution in [0.15, 0.2) is 97.1 Å². The van der Waals surface area contributed by atoms with E-state index in [1.165, 1.54) is 23.1 Å². The van der Waals surface area contributed by atoms with E-state index >= 15 is 0 Å². The zero-order chi connectivity index (χ0) is 32.5. The van der Waals surface area contributed by atoms with E-state index in [2.05, 4.69) is 88.4 Å². The van der Waals surface area contributed by atoms with Crippen LogP contribution in [0.2, 0.25) is 0 Å². The average molecular weight is 617 g/mol. The summed E-state index contributed by atoms with van der Waals surface area (Å²) in [4.78, 5) is 29.2. The van der Waals surface area contributed by atoms with E-state index < -0.39 is 0 Å². The van der Waals surface area contributed by atoms with E-state index in [1.807, 2.05) is 46.2 Å². The molecule has 240 valence electrons. The third kappa shape index (κ3) is 8.52. The van der Waals surface area contributed by atoms with Gasteiger partial charge in [0.25, 0.3) is 11.8 Å². The van der Waals surface area contributed by atoms with Crippen molar-refractivity contribution < 1.29 is 14.3 Å². The van der Waals surface area contributed by atoms with Gasteiger partial charge in [-0.25, -0.2) is 0 Å². The molecule has 2 aliphatic heterocycles. The monoisotopic (exact) mass is 616 g/mol. The molecule has 0 spiro atoms. The van der Waals surface area contributed by atoms with Crippen LogP contribution in [0.3, 0.4) is 0 Å². The summed E-state index contributed by atoms with van der Waals surface area (Å²) < 4.78 is 5.32. The van der Waals surface area contributed by atoms with Crippen molar-refractivity contribution in [3.05, 3.63) is 119 Å². The van der Waals surface area contributed by atoms with Crippen LogP contribution in [0.4, 0.5) is 0 Å². The zero-order valence-electron chi connectivity index (χ0n) is 27.9. The number of nitrogens with zero attached hydrogens (tertiary/aromatic N) is 2. The number of likely N-dealkylation sites (tertiary alicyclic amines) is 1. The first kappa shape index (κ1) is 33.2. The fourth-order valence-electron chi connectivity index (χ4n) is 6.05. The Hall–Kier alpha value is -4.22. The maximum atomic E-state index is 12.7. The molecule has 0 saturated carbocycles. The Labute approximate surface area is 275 Å². The fourth-order valence-corrected chi connectivity index (χ4v) is 6.05. The number of hydrogen-bond donors (Lipinski definition) is 0. The highest BCUT2D eigenvalue weighted by atomic mass is 16.5. The predicted octanol–water partition coefficient (Wildman–Crippen LogP) is 9.05. The van der Waals surface area contributed by atoms with E-state index in [0.717, 1.165) is 53.7 Å². The van der Waals surface area contributed by atoms with Crippen molar-refractivity contribution in [2.45, 2.75) is 58.8 Å². The topological polar surface area (TPSA) is 49.9 Å². The number of benzene rings is 4. The first-order valence-corrected chi connectivity index (χ1v) is 16.9. The summed E-state index contributed by atoms with van der Waals surface area (Å²) in [7, 11) is 0. The van der Waals surface area contributed by atoms with Crippen molar-refractivity contribution in [2.24, 2.45) is 0 Å². The molecule has 0 radical (unpaired) electrons. The molecular formula is C41H48N2O3. The third-order valence-electron chi connectivity index (χ3n) is 8.93. The van der Waals surface area contributed by atoms with E-state index in [4.69, 9.17) is 4.74 Å². The molecule has 2 aliphatic rings. The van der Waals surface area contributed by atoms with Crippen LogP contribution >= 0.6 is 0 Å². The van der Waals surface area contributed by atoms with Gasteiger partial charge in [0.2, 0.25) is 0 Å². The zero-order valence-corrected chi connectivity index (χ0v) is 27.9. The van der Waals surface area contributed by atoms with Gasteiger partial charge >= 0.3 is 0 Å². The molecule has 0 aliphatic carbocycles. The molecule has 2 fully saturated rings. The highest BCUT2D eigenvalue weighted by Gasteiger charge is 2.20. The molecule has 0 N–H and O–H groups in total. The number of rotatable bonds is 6. The number of morpholine rings is 1. The summed E-state index contributed by atoms with van der Waals surface area (Å²) in [6.45, 7) is 13.2. The van der Waals surface area contributed by atoms with Gasteiger partial charge in [0, 0.05) is 37.3 Å². The highest BCUT2D eigenvalue weighted by Crippen LogP contribution is 2.27. The summed E-state index contributed by atoms with van der Waals surface area (Å²) in [5.74, 6) is 1.27. The van der Waals surface area contributed by atoms with Crippen molar-refractivity contribution in [1.82, 2.24) is 9.80 Å². The van der Waals surface area contributed by atoms with Gasteiger partial charge in [-0.05, 0) is 88.7 Å². The molecule has 46 heavy (non-hydrogen) atoms. The molecule has 0 atom stereocenters. The van der Waals surface area contributed by atoms with E-state index in [1.54, 1.807) is 0 Å². The maximum Gasteiger partial charge on any atom is 0.254 e. The molecule has 6 rings (SSSR count). The molecule has 2 amide bonds. The second-order valence-corrected chi connectivity index (χ2v) is 13.0. The molecule has 2 heterocycles. The molecule has 0 bridgehead atoms. The van der Waals surface area contributed by atoms with Crippen molar-refractivity contribution in [3.63, 3.8) is 0 Å². The van der Waals surface area contributed by atoms with Crippen LogP contribution in [0, 0.1) is 0 Å². The van der Waals surface area contributed by atoms with Crippen molar-refractivity contribution in [2.75, 3.05) is 39.4 Å². The lowest BCUT2D eigenvalue weighted by molar-refractivity contribution is 0.0303. The molecule has 0 unspecified atom stereocenters. The van der Waals surface area contributed by atoms with Crippen LogP contribution in [0.1, 0.15) is 90.6 Å². The Bertz CT molecular complexity index is 1490. The number of amides is 2. The number of carbonyl (C=O) groups excluding carboxylic acids is 2. The van der Waals surface area contributed by atoms with Gasteiger partial charge in [-0.2, -0.15) is 0 Å². The van der Waals surface area contributed by atoms with Gasteiger partial charge in [0.1, 0.15) is 0 Å². The van der Waals surface area contributed by atoms with Crippen LogP contribution in [0.25, 0.3) is 22.3 Å². The van der Waals surface area contributed by atoms with Gasteiger partial charge in [-0.1, -0.05) is 100 Å². The third-order valence-corrected chi connectivity index (χ3v) is 8.93. The number of ether oxygens (including phenoxy) is 1. The number of carbonyl (C=O) groups is 2. The second kappa shape index (κ2) is 15.9. The van der Waals surface area contributed by atoms with Gasteiger partial charge in [0.15, 0.2) is 0 Å². The molecule has 5 heteroatoms. The molecule has 0 aromatic heterocycles. The summed E-state index contributed by atoms with van der Waals surface area (Å²) >= 11 is 0. The Kier molecular flexibility index (Phi) is 11.4. The van der Waals surface area contributed by atoms with Crippen molar-refractivity contribution in [1.29, 1.82) is 0 Å². The summed E-state index contributed by atoms with van der Waals surface area (Å²) in [5.41, 5.74) is 8.75. The summed E-state index contributed by atoms with van der Waals surface area (Å²) in [6, 6.07) is 33.1. The summed E-state index contributed by atoms with van der Waals surface area (Å²) in [5, 5.41) is 0. The Morgan fingerprint density at radius 3 is 1.35 bits per heavy atom. The lowest BCUT2D eigenvalue weighted by Gasteiger charge is -2.27. The van der Waals surface area contributed by atoms with Crippen LogP contribution < -0.4 is 0 Å². The summed E-state index contributed by atoms with van der Waals surface area (Å²) in [6.07, 6.45) is 3.50. The van der Waals surface area contributed by atoms with Gasteiger partial charge in [-0.15, -0.1) is 0 Å². The SMILES string of the molecule is CC(C)c1cccc(-c2cccc(C(=O)N3CCCCC3)c2)c1.CC(C)c1cccc(-c2cccc(C(=O)N3CCOCC3)c2)c1. The molecule has 5 nitrogen and oxygen atoms in total. The number of hydrogen-bond acceptors (Lipinski definition) is 3. The van der Waals surface area contributed by atoms with Crippen molar-refractivity contribution >= 4 is 11.8 Å². The van der Waals surface area contributed by atoms with E-state index in [9.17, 15) is 9.59 Å². The fraction of sp³-hybridized carbons (Fsp3) is 0.366. The minimum absolute atomic E-state index is 0.0927. The van der Waals surface area contributed by atoms with Crippen LogP contribution in [0.5, 0.6) is 0 Å². The maximum absolute atomic E-state index is 12.7. The van der Waals surface area contributed by atoms with Crippen LogP contribution in [-0.4, -0.2) is 61.0 Å². The Balaban J connectivity index is 0.000000181. The minimum Gasteiger partial charge on any atom is -0.378 e. The van der Waals surface area contributed by atoms with Crippen molar-refractivity contribution in [3.8, 4) is 22.3 Å². The molecular weight excluding hydrogens is 568 g/mol. The standard InChI is InChI=1S/C21H25NO.C20H23NO2/c1-16(2)17-8-6-9-18(14-17)19-10-7-11-20(15-19)21(23)22-12-4-3-5-13-22;1-15(2)16-5-3-6-17(13-16)18-7-4-8-19(14-18)20(22)21-9-11-23-12-10-21/h6-11,14-16H,3-5,12-13H2,1-2H3;3-8,13-15H,9-12H2,1-2H3. The lowest BCUT2D eigenvalue weighted by atomic mass is 9.96. The van der Waals surface area contributed by atoms with Gasteiger partial charge in [0.05, 0.1) is 13.2 Å². The van der Waals surface area contributed by atoms with E-state index in [-0.39, 0.29) is 11.8 Å². The predicted molar refractivity (Wildman–Crippen MR) is 188 cm³/mol. The first-order chi connectivity index (χ1) is 22.3. The van der Waals surface area contributed by atoms with Gasteiger partial charge in [-0.3, -0.25) is 9.59 Å². The minimum atomic E-state index is 0.0927. The average Bonchev–Trinajstić information content (AvgIpc) is 3.12.